The van der Waals surface area contributed by atoms with Gasteiger partial charge in [0.15, 0.2) is 0 Å². The molecule has 3 nitrogen and oxygen atoms in total. The van der Waals surface area contributed by atoms with Crippen LogP contribution in [-0.2, 0) is 4.74 Å². The standard InChI is InChI=1S/C14H30N2O/c1-5-10-17-13-8-7-9-16(11-13)12(3)14(6-2)15-4/h12-15H,5-11H2,1-4H3. The van der Waals surface area contributed by atoms with Crippen molar-refractivity contribution in [1.29, 1.82) is 0 Å². The van der Waals surface area contributed by atoms with Crippen molar-refractivity contribution in [3.05, 3.63) is 0 Å². The van der Waals surface area contributed by atoms with Gasteiger partial charge in [-0.15, -0.1) is 0 Å². The third-order valence-electron chi connectivity index (χ3n) is 3.94. The minimum atomic E-state index is 0.459. The molecule has 1 fully saturated rings. The number of likely N-dealkylation sites (tertiary alicyclic amines) is 1. The molecule has 0 spiro atoms. The number of likely N-dealkylation sites (N-methyl/N-ethyl adjacent to an activating group) is 1. The van der Waals surface area contributed by atoms with E-state index >= 15 is 0 Å². The molecular weight excluding hydrogens is 212 g/mol. The number of nitrogens with zero attached hydrogens (tertiary/aromatic N) is 1. The van der Waals surface area contributed by atoms with Crippen LogP contribution in [0.3, 0.4) is 0 Å². The first-order valence-electron chi connectivity index (χ1n) is 7.25. The Bertz CT molecular complexity index is 195. The fraction of sp³-hybridized carbons (Fsp3) is 1.00. The fourth-order valence-corrected chi connectivity index (χ4v) is 2.80. The number of rotatable bonds is 7. The molecule has 17 heavy (non-hydrogen) atoms. The summed E-state index contributed by atoms with van der Waals surface area (Å²) < 4.78 is 5.90. The summed E-state index contributed by atoms with van der Waals surface area (Å²) in [5.74, 6) is 0. The van der Waals surface area contributed by atoms with Crippen LogP contribution >= 0.6 is 0 Å². The second-order valence-electron chi connectivity index (χ2n) is 5.17. The third kappa shape index (κ3) is 4.57. The predicted octanol–water partition coefficient (Wildman–Crippen LogP) is 2.26. The van der Waals surface area contributed by atoms with Crippen molar-refractivity contribution in [2.45, 2.75) is 64.6 Å². The molecule has 3 atom stereocenters. The van der Waals surface area contributed by atoms with Gasteiger partial charge in [0.1, 0.15) is 0 Å². The van der Waals surface area contributed by atoms with Crippen LogP contribution in [0.1, 0.15) is 46.5 Å². The summed E-state index contributed by atoms with van der Waals surface area (Å²) in [7, 11) is 2.07. The first-order chi connectivity index (χ1) is 8.22. The second kappa shape index (κ2) is 8.06. The average Bonchev–Trinajstić information content (AvgIpc) is 2.38. The van der Waals surface area contributed by atoms with Crippen LogP contribution in [0.25, 0.3) is 0 Å². The molecule has 1 aliphatic rings. The van der Waals surface area contributed by atoms with Crippen molar-refractivity contribution in [3.8, 4) is 0 Å². The molecule has 3 heteroatoms. The molecule has 1 heterocycles. The second-order valence-corrected chi connectivity index (χ2v) is 5.17. The van der Waals surface area contributed by atoms with Gasteiger partial charge in [0.05, 0.1) is 6.10 Å². The minimum absolute atomic E-state index is 0.459. The van der Waals surface area contributed by atoms with Crippen molar-refractivity contribution in [3.63, 3.8) is 0 Å². The van der Waals surface area contributed by atoms with Crippen molar-refractivity contribution in [2.75, 3.05) is 26.7 Å². The van der Waals surface area contributed by atoms with Crippen molar-refractivity contribution < 1.29 is 4.74 Å². The molecule has 1 aliphatic heterocycles. The molecule has 0 aromatic rings. The van der Waals surface area contributed by atoms with E-state index in [2.05, 4.69) is 38.0 Å². The maximum absolute atomic E-state index is 5.90. The first kappa shape index (κ1) is 14.9. The number of hydrogen-bond acceptors (Lipinski definition) is 3. The maximum atomic E-state index is 5.90. The van der Waals surface area contributed by atoms with E-state index in [0.29, 0.717) is 18.2 Å². The van der Waals surface area contributed by atoms with Gasteiger partial charge in [0.2, 0.25) is 0 Å². The van der Waals surface area contributed by atoms with E-state index in [1.165, 1.54) is 25.8 Å². The van der Waals surface area contributed by atoms with Crippen molar-refractivity contribution in [2.24, 2.45) is 0 Å². The van der Waals surface area contributed by atoms with E-state index in [-0.39, 0.29) is 0 Å². The lowest BCUT2D eigenvalue weighted by Crippen LogP contribution is -2.52. The molecular formula is C14H30N2O. The lowest BCUT2D eigenvalue weighted by Gasteiger charge is -2.39. The van der Waals surface area contributed by atoms with Crippen LogP contribution in [0.4, 0.5) is 0 Å². The van der Waals surface area contributed by atoms with E-state index in [1.807, 2.05) is 0 Å². The Labute approximate surface area is 107 Å². The van der Waals surface area contributed by atoms with Crippen LogP contribution in [0.2, 0.25) is 0 Å². The van der Waals surface area contributed by atoms with Crippen LogP contribution in [0.15, 0.2) is 0 Å². The van der Waals surface area contributed by atoms with Crippen LogP contribution in [0, 0.1) is 0 Å². The Morgan fingerprint density at radius 1 is 1.41 bits per heavy atom. The SMILES string of the molecule is CCCOC1CCCN(C(C)C(CC)NC)C1. The smallest absolute Gasteiger partial charge is 0.0702 e. The highest BCUT2D eigenvalue weighted by Crippen LogP contribution is 2.18. The highest BCUT2D eigenvalue weighted by molar-refractivity contribution is 4.84. The number of ether oxygens (including phenoxy) is 1. The third-order valence-corrected chi connectivity index (χ3v) is 3.94. The zero-order chi connectivity index (χ0) is 12.7. The average molecular weight is 242 g/mol. The van der Waals surface area contributed by atoms with Gasteiger partial charge < -0.3 is 10.1 Å². The van der Waals surface area contributed by atoms with Gasteiger partial charge >= 0.3 is 0 Å². The van der Waals surface area contributed by atoms with E-state index in [4.69, 9.17) is 4.74 Å². The Hall–Kier alpha value is -0.120. The van der Waals surface area contributed by atoms with Crippen LogP contribution in [0.5, 0.6) is 0 Å². The summed E-state index contributed by atoms with van der Waals surface area (Å²) in [6, 6.07) is 1.21. The number of piperidine rings is 1. The number of nitrogens with one attached hydrogen (secondary N) is 1. The molecule has 1 rings (SSSR count). The zero-order valence-corrected chi connectivity index (χ0v) is 12.0. The molecule has 0 radical (unpaired) electrons. The van der Waals surface area contributed by atoms with Crippen molar-refractivity contribution >= 4 is 0 Å². The highest BCUT2D eigenvalue weighted by atomic mass is 16.5. The van der Waals surface area contributed by atoms with E-state index < -0.39 is 0 Å². The summed E-state index contributed by atoms with van der Waals surface area (Å²) in [6.07, 6.45) is 5.29. The van der Waals surface area contributed by atoms with Gasteiger partial charge in [-0.1, -0.05) is 13.8 Å². The molecule has 1 N–H and O–H groups in total. The molecule has 0 aromatic carbocycles. The molecule has 1 saturated heterocycles. The molecule has 102 valence electrons. The Kier molecular flexibility index (Phi) is 7.09. The van der Waals surface area contributed by atoms with Gasteiger partial charge in [-0.05, 0) is 46.2 Å². The summed E-state index contributed by atoms with van der Waals surface area (Å²) in [5, 5.41) is 3.42. The highest BCUT2D eigenvalue weighted by Gasteiger charge is 2.27. The first-order valence-corrected chi connectivity index (χ1v) is 7.25. The molecule has 0 bridgehead atoms. The summed E-state index contributed by atoms with van der Waals surface area (Å²) in [4.78, 5) is 2.59. The van der Waals surface area contributed by atoms with Gasteiger partial charge in [-0.25, -0.2) is 0 Å². The minimum Gasteiger partial charge on any atom is -0.377 e. The Balaban J connectivity index is 2.42. The molecule has 0 aliphatic carbocycles. The maximum Gasteiger partial charge on any atom is 0.0702 e. The van der Waals surface area contributed by atoms with E-state index in [0.717, 1.165) is 19.6 Å². The predicted molar refractivity (Wildman–Crippen MR) is 73.4 cm³/mol. The molecule has 0 saturated carbocycles. The van der Waals surface area contributed by atoms with Gasteiger partial charge in [0, 0.05) is 25.2 Å². The zero-order valence-electron chi connectivity index (χ0n) is 12.0. The largest absolute Gasteiger partial charge is 0.377 e. The van der Waals surface area contributed by atoms with E-state index in [1.54, 1.807) is 0 Å². The van der Waals surface area contributed by atoms with E-state index in [9.17, 15) is 0 Å². The molecule has 0 amide bonds. The quantitative estimate of drug-likeness (QED) is 0.741. The summed E-state index contributed by atoms with van der Waals surface area (Å²) in [5.41, 5.74) is 0. The van der Waals surface area contributed by atoms with Gasteiger partial charge in [-0.3, -0.25) is 4.90 Å². The number of hydrogen-bond donors (Lipinski definition) is 1. The molecule has 0 aromatic heterocycles. The monoisotopic (exact) mass is 242 g/mol. The Morgan fingerprint density at radius 3 is 2.76 bits per heavy atom. The summed E-state index contributed by atoms with van der Waals surface area (Å²) in [6.45, 7) is 10.0. The van der Waals surface area contributed by atoms with Crippen molar-refractivity contribution in [1.82, 2.24) is 10.2 Å². The van der Waals surface area contributed by atoms with Crippen LogP contribution < -0.4 is 5.32 Å². The Morgan fingerprint density at radius 2 is 2.18 bits per heavy atom. The van der Waals surface area contributed by atoms with Gasteiger partial charge in [-0.2, -0.15) is 0 Å². The molecule has 3 unspecified atom stereocenters. The normalized spacial score (nSPS) is 25.8. The lowest BCUT2D eigenvalue weighted by atomic mass is 10.0. The lowest BCUT2D eigenvalue weighted by molar-refractivity contribution is -0.0148. The fourth-order valence-electron chi connectivity index (χ4n) is 2.80. The van der Waals surface area contributed by atoms with Crippen LogP contribution in [-0.4, -0.2) is 49.8 Å². The van der Waals surface area contributed by atoms with Gasteiger partial charge in [0.25, 0.3) is 0 Å². The topological polar surface area (TPSA) is 24.5 Å². The summed E-state index contributed by atoms with van der Waals surface area (Å²) >= 11 is 0.